The SMILES string of the molecule is CC1(C)C(=O)CC[C@@H]2[C@]34CC[C@]5(C)C(=O)CC[C@@]5(C)[C@@H]3C=C[C@@]21OC4=O. The van der Waals surface area contributed by atoms with Gasteiger partial charge < -0.3 is 4.74 Å². The topological polar surface area (TPSA) is 60.4 Å². The summed E-state index contributed by atoms with van der Waals surface area (Å²) in [6.45, 7) is 8.20. The Balaban J connectivity index is 1.74. The third-order valence-electron chi connectivity index (χ3n) is 9.68. The molecule has 5 aliphatic rings. The van der Waals surface area contributed by atoms with Gasteiger partial charge in [0.25, 0.3) is 0 Å². The fourth-order valence-corrected chi connectivity index (χ4v) is 7.64. The third kappa shape index (κ3) is 1.37. The molecule has 0 N–H and O–H groups in total. The van der Waals surface area contributed by atoms with Crippen molar-refractivity contribution in [2.24, 2.45) is 33.5 Å². The van der Waals surface area contributed by atoms with Crippen LogP contribution in [0.15, 0.2) is 12.2 Å². The van der Waals surface area contributed by atoms with Crippen molar-refractivity contribution in [3.63, 3.8) is 0 Å². The molecule has 0 amide bonds. The zero-order chi connectivity index (χ0) is 18.8. The number of carbonyl (C=O) groups excluding carboxylic acids is 3. The minimum Gasteiger partial charge on any atom is -0.453 e. The monoisotopic (exact) mass is 356 g/mol. The Bertz CT molecular complexity index is 794. The van der Waals surface area contributed by atoms with Crippen molar-refractivity contribution in [2.45, 2.75) is 71.8 Å². The Kier molecular flexibility index (Phi) is 2.79. The molecule has 1 spiro atoms. The standard InChI is InChI=1S/C22H28O4/c1-18(2)15(23)6-5-14-21-12-11-20(4)16(24)8-9-19(20,3)13(21)7-10-22(14,18)26-17(21)25/h7,10,13-14H,5-6,8-9,11-12H2,1-4H3/t13-,14+,19-,20+,21-,22+/m0/s1. The Hall–Kier alpha value is -1.45. The lowest BCUT2D eigenvalue weighted by Crippen LogP contribution is -2.64. The van der Waals surface area contributed by atoms with Gasteiger partial charge in [-0.25, -0.2) is 0 Å². The first-order chi connectivity index (χ1) is 12.1. The summed E-state index contributed by atoms with van der Waals surface area (Å²) in [5.74, 6) is 0.484. The molecule has 1 aliphatic heterocycles. The van der Waals surface area contributed by atoms with Crippen LogP contribution in [0.25, 0.3) is 0 Å². The van der Waals surface area contributed by atoms with Crippen LogP contribution in [-0.4, -0.2) is 23.1 Å². The van der Waals surface area contributed by atoms with Crippen LogP contribution < -0.4 is 0 Å². The maximum Gasteiger partial charge on any atom is 0.314 e. The van der Waals surface area contributed by atoms with Gasteiger partial charge >= 0.3 is 5.97 Å². The number of rotatable bonds is 0. The van der Waals surface area contributed by atoms with Crippen LogP contribution in [0, 0.1) is 33.5 Å². The van der Waals surface area contributed by atoms with E-state index in [2.05, 4.69) is 19.9 Å². The van der Waals surface area contributed by atoms with Crippen molar-refractivity contribution in [3.05, 3.63) is 12.2 Å². The van der Waals surface area contributed by atoms with Crippen molar-refractivity contribution in [1.82, 2.24) is 0 Å². The summed E-state index contributed by atoms with van der Waals surface area (Å²) in [7, 11) is 0. The minimum atomic E-state index is -0.803. The average Bonchev–Trinajstić information content (AvgIpc) is 2.91. The quantitative estimate of drug-likeness (QED) is 0.491. The molecule has 0 aromatic carbocycles. The molecule has 0 unspecified atom stereocenters. The van der Waals surface area contributed by atoms with E-state index in [0.29, 0.717) is 25.0 Å². The molecule has 26 heavy (non-hydrogen) atoms. The smallest absolute Gasteiger partial charge is 0.314 e. The van der Waals surface area contributed by atoms with Gasteiger partial charge in [0, 0.05) is 24.2 Å². The van der Waals surface area contributed by atoms with Crippen molar-refractivity contribution in [2.75, 3.05) is 0 Å². The highest BCUT2D eigenvalue weighted by molar-refractivity contribution is 5.93. The highest BCUT2D eigenvalue weighted by atomic mass is 16.6. The predicted molar refractivity (Wildman–Crippen MR) is 95.1 cm³/mol. The predicted octanol–water partition coefficient (Wildman–Crippen LogP) is 3.63. The summed E-state index contributed by atoms with van der Waals surface area (Å²) in [6, 6.07) is 0. The van der Waals surface area contributed by atoms with Gasteiger partial charge in [-0.3, -0.25) is 14.4 Å². The molecular weight excluding hydrogens is 328 g/mol. The van der Waals surface area contributed by atoms with Gasteiger partial charge in [0.2, 0.25) is 0 Å². The van der Waals surface area contributed by atoms with Crippen molar-refractivity contribution >= 4 is 17.5 Å². The van der Waals surface area contributed by atoms with Crippen LogP contribution in [0.3, 0.4) is 0 Å². The van der Waals surface area contributed by atoms with E-state index in [1.54, 1.807) is 0 Å². The Morgan fingerprint density at radius 1 is 0.962 bits per heavy atom. The first kappa shape index (κ1) is 16.7. The summed E-state index contributed by atoms with van der Waals surface area (Å²) < 4.78 is 6.14. The van der Waals surface area contributed by atoms with E-state index in [-0.39, 0.29) is 34.4 Å². The normalized spacial score (nSPS) is 53.8. The van der Waals surface area contributed by atoms with E-state index in [0.717, 1.165) is 19.3 Å². The lowest BCUT2D eigenvalue weighted by Gasteiger charge is -2.60. The first-order valence-corrected chi connectivity index (χ1v) is 10.1. The van der Waals surface area contributed by atoms with Crippen molar-refractivity contribution in [3.8, 4) is 0 Å². The van der Waals surface area contributed by atoms with Crippen LogP contribution in [0.4, 0.5) is 0 Å². The Morgan fingerprint density at radius 3 is 2.42 bits per heavy atom. The fourth-order valence-electron chi connectivity index (χ4n) is 7.64. The number of esters is 1. The number of ketones is 2. The summed E-state index contributed by atoms with van der Waals surface area (Å²) in [5, 5.41) is 0. The molecule has 0 aromatic heterocycles. The van der Waals surface area contributed by atoms with E-state index in [9.17, 15) is 14.4 Å². The molecule has 0 aromatic rings. The highest BCUT2D eigenvalue weighted by Crippen LogP contribution is 2.75. The van der Waals surface area contributed by atoms with Gasteiger partial charge in [-0.2, -0.15) is 0 Å². The minimum absolute atomic E-state index is 0.0253. The zero-order valence-electron chi connectivity index (χ0n) is 16.2. The Labute approximate surface area is 154 Å². The van der Waals surface area contributed by atoms with E-state index in [4.69, 9.17) is 4.74 Å². The second-order valence-electron chi connectivity index (χ2n) is 10.4. The maximum absolute atomic E-state index is 13.4. The van der Waals surface area contributed by atoms with E-state index in [1.807, 2.05) is 19.9 Å². The number of fused-ring (bicyclic) bond motifs is 2. The molecule has 1 saturated heterocycles. The van der Waals surface area contributed by atoms with Gasteiger partial charge in [-0.15, -0.1) is 0 Å². The number of carbonyl (C=O) groups is 3. The molecule has 4 aliphatic carbocycles. The zero-order valence-corrected chi connectivity index (χ0v) is 16.2. The summed E-state index contributed by atoms with van der Waals surface area (Å²) in [6.07, 6.45) is 8.36. The lowest BCUT2D eigenvalue weighted by molar-refractivity contribution is -0.166. The lowest BCUT2D eigenvalue weighted by atomic mass is 9.39. The van der Waals surface area contributed by atoms with Crippen LogP contribution in [0.2, 0.25) is 0 Å². The van der Waals surface area contributed by atoms with E-state index < -0.39 is 16.4 Å². The summed E-state index contributed by atoms with van der Waals surface area (Å²) >= 11 is 0. The highest BCUT2D eigenvalue weighted by Gasteiger charge is 2.79. The first-order valence-electron chi connectivity index (χ1n) is 10.1. The molecule has 4 nitrogen and oxygen atoms in total. The molecule has 3 saturated carbocycles. The van der Waals surface area contributed by atoms with E-state index >= 15 is 0 Å². The number of allylic oxidation sites excluding steroid dienone is 1. The van der Waals surface area contributed by atoms with Crippen LogP contribution >= 0.6 is 0 Å². The number of ether oxygens (including phenoxy) is 1. The van der Waals surface area contributed by atoms with Gasteiger partial charge in [0.05, 0.1) is 10.8 Å². The Morgan fingerprint density at radius 2 is 1.69 bits per heavy atom. The van der Waals surface area contributed by atoms with E-state index in [1.165, 1.54) is 0 Å². The molecule has 140 valence electrons. The summed E-state index contributed by atoms with van der Waals surface area (Å²) in [5.41, 5.74) is -2.62. The van der Waals surface area contributed by atoms with Crippen molar-refractivity contribution in [1.29, 1.82) is 0 Å². The molecule has 6 atom stereocenters. The van der Waals surface area contributed by atoms with Crippen LogP contribution in [-0.2, 0) is 19.1 Å². The van der Waals surface area contributed by atoms with Gasteiger partial charge in [0.1, 0.15) is 17.2 Å². The van der Waals surface area contributed by atoms with Crippen LogP contribution in [0.5, 0.6) is 0 Å². The molecule has 1 heterocycles. The van der Waals surface area contributed by atoms with Crippen LogP contribution in [0.1, 0.15) is 66.2 Å². The molecule has 4 fully saturated rings. The average molecular weight is 356 g/mol. The number of Topliss-reactive ketones (excluding diaryl/α,β-unsaturated/α-hetero) is 2. The molecular formula is C22H28O4. The largest absolute Gasteiger partial charge is 0.453 e. The van der Waals surface area contributed by atoms with Gasteiger partial charge in [0.15, 0.2) is 0 Å². The number of hydrogen-bond acceptors (Lipinski definition) is 4. The third-order valence-corrected chi connectivity index (χ3v) is 9.68. The van der Waals surface area contributed by atoms with Gasteiger partial charge in [-0.1, -0.05) is 19.9 Å². The molecule has 0 radical (unpaired) electrons. The fraction of sp³-hybridized carbons (Fsp3) is 0.773. The second kappa shape index (κ2) is 4.34. The molecule has 4 heteroatoms. The molecule has 2 bridgehead atoms. The van der Waals surface area contributed by atoms with Crippen molar-refractivity contribution < 1.29 is 19.1 Å². The number of hydrogen-bond donors (Lipinski definition) is 0. The summed E-state index contributed by atoms with van der Waals surface area (Å²) in [4.78, 5) is 38.9. The maximum atomic E-state index is 13.4. The van der Waals surface area contributed by atoms with Gasteiger partial charge in [-0.05, 0) is 56.9 Å². The second-order valence-corrected chi connectivity index (χ2v) is 10.4. The molecule has 5 rings (SSSR count).